The molecular formula is C15H23BrNO2+. The van der Waals surface area contributed by atoms with Gasteiger partial charge in [-0.25, -0.2) is 0 Å². The summed E-state index contributed by atoms with van der Waals surface area (Å²) >= 11 is 3.53. The standard InChI is InChI=1S/C15H23BrNO2/c1-13-14(16)5-3-6-15(13)19-10-4-7-17(2)8-11-18-12-9-17/h3,5-6H,4,7-12H2,1-2H3/q+1. The predicted molar refractivity (Wildman–Crippen MR) is 80.6 cm³/mol. The molecule has 0 bridgehead atoms. The van der Waals surface area contributed by atoms with E-state index in [1.54, 1.807) is 0 Å². The Kier molecular flexibility index (Phi) is 5.25. The van der Waals surface area contributed by atoms with Crippen LogP contribution in [0.15, 0.2) is 22.7 Å². The van der Waals surface area contributed by atoms with E-state index in [-0.39, 0.29) is 0 Å². The molecule has 0 radical (unpaired) electrons. The van der Waals surface area contributed by atoms with Crippen LogP contribution in [0.5, 0.6) is 5.75 Å². The van der Waals surface area contributed by atoms with Crippen molar-refractivity contribution < 1.29 is 14.0 Å². The summed E-state index contributed by atoms with van der Waals surface area (Å²) in [5.41, 5.74) is 1.18. The summed E-state index contributed by atoms with van der Waals surface area (Å²) in [4.78, 5) is 0. The topological polar surface area (TPSA) is 18.5 Å². The summed E-state index contributed by atoms with van der Waals surface area (Å²) in [5.74, 6) is 0.985. The number of benzene rings is 1. The van der Waals surface area contributed by atoms with Crippen LogP contribution in [-0.4, -0.2) is 51.0 Å². The van der Waals surface area contributed by atoms with Crippen molar-refractivity contribution in [1.29, 1.82) is 0 Å². The van der Waals surface area contributed by atoms with Gasteiger partial charge in [-0.15, -0.1) is 0 Å². The van der Waals surface area contributed by atoms with E-state index in [1.807, 2.05) is 18.2 Å². The number of hydrogen-bond acceptors (Lipinski definition) is 2. The molecular weight excluding hydrogens is 306 g/mol. The van der Waals surface area contributed by atoms with Crippen LogP contribution in [0.4, 0.5) is 0 Å². The lowest BCUT2D eigenvalue weighted by atomic mass is 10.2. The Morgan fingerprint density at radius 1 is 1.32 bits per heavy atom. The van der Waals surface area contributed by atoms with Crippen molar-refractivity contribution in [3.63, 3.8) is 0 Å². The van der Waals surface area contributed by atoms with E-state index < -0.39 is 0 Å². The van der Waals surface area contributed by atoms with Crippen LogP contribution in [0.1, 0.15) is 12.0 Å². The monoisotopic (exact) mass is 328 g/mol. The van der Waals surface area contributed by atoms with Crippen LogP contribution in [0.25, 0.3) is 0 Å². The molecule has 1 aliphatic rings. The van der Waals surface area contributed by atoms with Gasteiger partial charge in [0.1, 0.15) is 18.8 Å². The second-order valence-corrected chi connectivity index (χ2v) is 6.32. The van der Waals surface area contributed by atoms with Gasteiger partial charge in [0.05, 0.1) is 33.4 Å². The highest BCUT2D eigenvalue weighted by Gasteiger charge is 2.24. The van der Waals surface area contributed by atoms with Gasteiger partial charge in [0.25, 0.3) is 0 Å². The maximum absolute atomic E-state index is 5.88. The Morgan fingerprint density at radius 3 is 2.79 bits per heavy atom. The summed E-state index contributed by atoms with van der Waals surface area (Å²) in [5, 5.41) is 0. The summed E-state index contributed by atoms with van der Waals surface area (Å²) in [6.45, 7) is 8.05. The molecule has 3 nitrogen and oxygen atoms in total. The van der Waals surface area contributed by atoms with Crippen LogP contribution >= 0.6 is 15.9 Å². The first-order chi connectivity index (χ1) is 9.11. The van der Waals surface area contributed by atoms with Gasteiger partial charge >= 0.3 is 0 Å². The van der Waals surface area contributed by atoms with E-state index in [2.05, 4.69) is 29.9 Å². The molecule has 1 fully saturated rings. The van der Waals surface area contributed by atoms with Crippen molar-refractivity contribution in [3.05, 3.63) is 28.2 Å². The highest BCUT2D eigenvalue weighted by atomic mass is 79.9. The SMILES string of the molecule is Cc1c(Br)cccc1OCCC[N+]1(C)CCOCC1. The average Bonchev–Trinajstić information content (AvgIpc) is 2.40. The van der Waals surface area contributed by atoms with Crippen LogP contribution < -0.4 is 4.74 Å². The van der Waals surface area contributed by atoms with E-state index in [9.17, 15) is 0 Å². The molecule has 1 aromatic rings. The largest absolute Gasteiger partial charge is 0.493 e. The van der Waals surface area contributed by atoms with E-state index in [1.165, 1.54) is 5.56 Å². The van der Waals surface area contributed by atoms with Gasteiger partial charge in [-0.2, -0.15) is 0 Å². The second kappa shape index (κ2) is 6.73. The smallest absolute Gasteiger partial charge is 0.123 e. The first-order valence-electron chi connectivity index (χ1n) is 6.90. The zero-order chi connectivity index (χ0) is 13.7. The number of morpholine rings is 1. The fourth-order valence-corrected chi connectivity index (χ4v) is 2.73. The van der Waals surface area contributed by atoms with Gasteiger partial charge in [0.15, 0.2) is 0 Å². The highest BCUT2D eigenvalue weighted by Crippen LogP contribution is 2.25. The summed E-state index contributed by atoms with van der Waals surface area (Å²) < 4.78 is 13.5. The maximum Gasteiger partial charge on any atom is 0.123 e. The number of rotatable bonds is 5. The molecule has 4 heteroatoms. The molecule has 0 unspecified atom stereocenters. The molecule has 0 N–H and O–H groups in total. The average molecular weight is 329 g/mol. The zero-order valence-electron chi connectivity index (χ0n) is 11.8. The minimum Gasteiger partial charge on any atom is -0.493 e. The molecule has 1 aliphatic heterocycles. The number of quaternary nitrogens is 1. The molecule has 1 aromatic carbocycles. The summed E-state index contributed by atoms with van der Waals surface area (Å²) in [6.07, 6.45) is 1.09. The third-order valence-electron chi connectivity index (χ3n) is 3.87. The molecule has 2 rings (SSSR count). The Labute approximate surface area is 124 Å². The van der Waals surface area contributed by atoms with E-state index in [4.69, 9.17) is 9.47 Å². The lowest BCUT2D eigenvalue weighted by Gasteiger charge is -2.37. The van der Waals surface area contributed by atoms with E-state index in [0.29, 0.717) is 0 Å². The molecule has 0 aliphatic carbocycles. The lowest BCUT2D eigenvalue weighted by molar-refractivity contribution is -0.917. The van der Waals surface area contributed by atoms with Crippen molar-refractivity contribution in [3.8, 4) is 5.75 Å². The third-order valence-corrected chi connectivity index (χ3v) is 4.73. The van der Waals surface area contributed by atoms with Crippen molar-refractivity contribution in [2.45, 2.75) is 13.3 Å². The third kappa shape index (κ3) is 4.20. The minimum atomic E-state index is 0.784. The molecule has 0 aromatic heterocycles. The number of nitrogens with zero attached hydrogens (tertiary/aromatic N) is 1. The van der Waals surface area contributed by atoms with Gasteiger partial charge < -0.3 is 14.0 Å². The predicted octanol–water partition coefficient (Wildman–Crippen LogP) is 3.00. The molecule has 106 valence electrons. The first-order valence-corrected chi connectivity index (χ1v) is 7.69. The zero-order valence-corrected chi connectivity index (χ0v) is 13.4. The number of halogens is 1. The normalized spacial score (nSPS) is 18.3. The van der Waals surface area contributed by atoms with Crippen LogP contribution in [-0.2, 0) is 4.74 Å². The first kappa shape index (κ1) is 14.8. The summed E-state index contributed by atoms with van der Waals surface area (Å²) in [7, 11) is 2.31. The Morgan fingerprint density at radius 2 is 2.05 bits per heavy atom. The number of hydrogen-bond donors (Lipinski definition) is 0. The van der Waals surface area contributed by atoms with Crippen LogP contribution in [0, 0.1) is 6.92 Å². The van der Waals surface area contributed by atoms with Crippen LogP contribution in [0.3, 0.4) is 0 Å². The van der Waals surface area contributed by atoms with E-state index >= 15 is 0 Å². The van der Waals surface area contributed by atoms with Gasteiger partial charge in [0.2, 0.25) is 0 Å². The van der Waals surface area contributed by atoms with Gasteiger partial charge in [-0.1, -0.05) is 22.0 Å². The molecule has 1 heterocycles. The fourth-order valence-electron chi connectivity index (χ4n) is 2.38. The number of likely N-dealkylation sites (N-methyl/N-ethyl adjacent to an activating group) is 1. The van der Waals surface area contributed by atoms with Crippen molar-refractivity contribution in [2.75, 3.05) is 46.5 Å². The molecule has 0 atom stereocenters. The van der Waals surface area contributed by atoms with Gasteiger partial charge in [-0.3, -0.25) is 0 Å². The maximum atomic E-state index is 5.88. The quantitative estimate of drug-likeness (QED) is 0.611. The van der Waals surface area contributed by atoms with Crippen molar-refractivity contribution >= 4 is 15.9 Å². The van der Waals surface area contributed by atoms with Gasteiger partial charge in [0, 0.05) is 16.5 Å². The Bertz CT molecular complexity index is 417. The lowest BCUT2D eigenvalue weighted by Crippen LogP contribution is -2.52. The Hall–Kier alpha value is -0.580. The van der Waals surface area contributed by atoms with Crippen molar-refractivity contribution in [1.82, 2.24) is 0 Å². The second-order valence-electron chi connectivity index (χ2n) is 5.47. The van der Waals surface area contributed by atoms with Gasteiger partial charge in [-0.05, 0) is 19.1 Å². The van der Waals surface area contributed by atoms with E-state index in [0.717, 1.165) is 60.6 Å². The summed E-state index contributed by atoms with van der Waals surface area (Å²) in [6, 6.07) is 6.09. The highest BCUT2D eigenvalue weighted by molar-refractivity contribution is 9.10. The Balaban J connectivity index is 1.76. The molecule has 0 spiro atoms. The van der Waals surface area contributed by atoms with Crippen LogP contribution in [0.2, 0.25) is 0 Å². The number of ether oxygens (including phenoxy) is 2. The molecule has 0 amide bonds. The fraction of sp³-hybridized carbons (Fsp3) is 0.600. The molecule has 1 saturated heterocycles. The van der Waals surface area contributed by atoms with Crippen molar-refractivity contribution in [2.24, 2.45) is 0 Å². The molecule has 0 saturated carbocycles. The minimum absolute atomic E-state index is 0.784. The molecule has 19 heavy (non-hydrogen) atoms.